The molecule has 2 rings (SSSR count). The Hall–Kier alpha value is -0.450. The van der Waals surface area contributed by atoms with Crippen LogP contribution in [0.4, 0.5) is 0 Å². The fourth-order valence-electron chi connectivity index (χ4n) is 2.06. The first-order valence-corrected chi connectivity index (χ1v) is 5.41. The predicted molar refractivity (Wildman–Crippen MR) is 52.4 cm³/mol. The molecule has 1 saturated carbocycles. The Morgan fingerprint density at radius 3 is 2.86 bits per heavy atom. The Bertz CT molecular complexity index is 210. The van der Waals surface area contributed by atoms with Gasteiger partial charge in [-0.1, -0.05) is 12.8 Å². The molecule has 0 aromatic rings. The molecule has 0 amide bonds. The highest BCUT2D eigenvalue weighted by atomic mass is 16.7. The number of rotatable bonds is 4. The lowest BCUT2D eigenvalue weighted by atomic mass is 9.88. The van der Waals surface area contributed by atoms with Crippen LogP contribution in [0.1, 0.15) is 25.7 Å². The highest BCUT2D eigenvalue weighted by Crippen LogP contribution is 2.28. The van der Waals surface area contributed by atoms with E-state index in [2.05, 4.69) is 5.32 Å². The van der Waals surface area contributed by atoms with E-state index in [1.165, 1.54) is 12.8 Å². The summed E-state index contributed by atoms with van der Waals surface area (Å²) in [6.45, 7) is 0.943. The van der Waals surface area contributed by atoms with E-state index in [0.717, 1.165) is 25.7 Å². The van der Waals surface area contributed by atoms with Gasteiger partial charge in [0.25, 0.3) is 0 Å². The molecule has 0 aromatic carbocycles. The van der Waals surface area contributed by atoms with Crippen molar-refractivity contribution in [3.05, 3.63) is 0 Å². The smallest absolute Gasteiger partial charge is 0.125 e. The van der Waals surface area contributed by atoms with E-state index in [0.29, 0.717) is 6.17 Å². The van der Waals surface area contributed by atoms with Crippen LogP contribution < -0.4 is 5.32 Å². The summed E-state index contributed by atoms with van der Waals surface area (Å²) >= 11 is 0. The normalized spacial score (nSPS) is 42.1. The van der Waals surface area contributed by atoms with Gasteiger partial charge in [-0.2, -0.15) is 5.06 Å². The van der Waals surface area contributed by atoms with Crippen LogP contribution in [0.5, 0.6) is 0 Å². The predicted octanol–water partition coefficient (Wildman–Crippen LogP) is 0.537. The molecule has 1 aliphatic carbocycles. The van der Waals surface area contributed by atoms with Crippen molar-refractivity contribution in [3.8, 4) is 0 Å². The molecule has 0 spiro atoms. The maximum Gasteiger partial charge on any atom is 0.125 e. The van der Waals surface area contributed by atoms with E-state index in [4.69, 9.17) is 4.84 Å². The Morgan fingerprint density at radius 2 is 2.21 bits per heavy atom. The van der Waals surface area contributed by atoms with Gasteiger partial charge in [-0.05, 0) is 19.9 Å². The molecule has 2 fully saturated rings. The molecule has 1 N–H and O–H groups in total. The molecular formula is C10H18N2O2. The molecule has 1 heterocycles. The zero-order valence-corrected chi connectivity index (χ0v) is 8.61. The van der Waals surface area contributed by atoms with E-state index in [-0.39, 0.29) is 12.0 Å². The minimum absolute atomic E-state index is 0.113. The number of nitrogens with one attached hydrogen (secondary N) is 1. The molecule has 2 aliphatic rings. The maximum atomic E-state index is 10.8. The zero-order chi connectivity index (χ0) is 9.97. The Morgan fingerprint density at radius 1 is 1.43 bits per heavy atom. The third-order valence-electron chi connectivity index (χ3n) is 3.10. The monoisotopic (exact) mass is 198 g/mol. The van der Waals surface area contributed by atoms with Crippen molar-refractivity contribution < 1.29 is 9.63 Å². The van der Waals surface area contributed by atoms with Crippen molar-refractivity contribution in [1.82, 2.24) is 10.4 Å². The van der Waals surface area contributed by atoms with Crippen molar-refractivity contribution in [2.75, 3.05) is 13.6 Å². The summed E-state index contributed by atoms with van der Waals surface area (Å²) < 4.78 is 0. The Labute approximate surface area is 84.6 Å². The second-order valence-electron chi connectivity index (χ2n) is 4.13. The number of hydrogen-bond acceptors (Lipinski definition) is 4. The third kappa shape index (κ3) is 2.13. The zero-order valence-electron chi connectivity index (χ0n) is 8.61. The summed E-state index contributed by atoms with van der Waals surface area (Å²) in [5.74, 6) is 0.113. The SMILES string of the molecule is CNC1CN1OC1CCCCC1C=O. The number of likely N-dealkylation sites (N-methyl/N-ethyl adjacent to an activating group) is 1. The molecule has 4 atom stereocenters. The second-order valence-corrected chi connectivity index (χ2v) is 4.13. The summed E-state index contributed by atoms with van der Waals surface area (Å²) in [7, 11) is 1.92. The topological polar surface area (TPSA) is 41.3 Å². The van der Waals surface area contributed by atoms with Crippen LogP contribution in [0.3, 0.4) is 0 Å². The number of hydroxylamine groups is 2. The summed E-state index contributed by atoms with van der Waals surface area (Å²) in [4.78, 5) is 16.6. The summed E-state index contributed by atoms with van der Waals surface area (Å²) in [5, 5.41) is 5.05. The van der Waals surface area contributed by atoms with Gasteiger partial charge < -0.3 is 10.1 Å². The average molecular weight is 198 g/mol. The van der Waals surface area contributed by atoms with Gasteiger partial charge in [-0.25, -0.2) is 0 Å². The van der Waals surface area contributed by atoms with Gasteiger partial charge in [0.2, 0.25) is 0 Å². The van der Waals surface area contributed by atoms with Crippen LogP contribution in [0.25, 0.3) is 0 Å². The van der Waals surface area contributed by atoms with Crippen molar-refractivity contribution >= 4 is 6.29 Å². The van der Waals surface area contributed by atoms with Crippen molar-refractivity contribution in [2.24, 2.45) is 5.92 Å². The molecule has 4 nitrogen and oxygen atoms in total. The van der Waals surface area contributed by atoms with Gasteiger partial charge in [0.1, 0.15) is 6.29 Å². The molecule has 14 heavy (non-hydrogen) atoms. The van der Waals surface area contributed by atoms with Gasteiger partial charge in [0, 0.05) is 5.92 Å². The minimum atomic E-state index is 0.113. The number of hydrogen-bond donors (Lipinski definition) is 1. The minimum Gasteiger partial charge on any atom is -0.303 e. The molecule has 0 bridgehead atoms. The number of nitrogens with zero attached hydrogens (tertiary/aromatic N) is 1. The number of carbonyl (C=O) groups is 1. The van der Waals surface area contributed by atoms with Crippen LogP contribution >= 0.6 is 0 Å². The van der Waals surface area contributed by atoms with Gasteiger partial charge >= 0.3 is 0 Å². The van der Waals surface area contributed by atoms with Crippen molar-refractivity contribution in [2.45, 2.75) is 38.0 Å². The van der Waals surface area contributed by atoms with E-state index in [1.807, 2.05) is 12.1 Å². The summed E-state index contributed by atoms with van der Waals surface area (Å²) in [5.41, 5.74) is 0. The number of aldehydes is 1. The van der Waals surface area contributed by atoms with Crippen molar-refractivity contribution in [3.63, 3.8) is 0 Å². The van der Waals surface area contributed by atoms with E-state index in [9.17, 15) is 4.79 Å². The molecule has 0 radical (unpaired) electrons. The first kappa shape index (κ1) is 10.1. The fourth-order valence-corrected chi connectivity index (χ4v) is 2.06. The molecule has 1 aliphatic heterocycles. The van der Waals surface area contributed by atoms with E-state index < -0.39 is 0 Å². The first-order chi connectivity index (χ1) is 6.85. The van der Waals surface area contributed by atoms with Gasteiger partial charge in [0.15, 0.2) is 0 Å². The van der Waals surface area contributed by atoms with Crippen molar-refractivity contribution in [1.29, 1.82) is 0 Å². The Kier molecular flexibility index (Phi) is 3.15. The van der Waals surface area contributed by atoms with Crippen LogP contribution in [0, 0.1) is 5.92 Å². The van der Waals surface area contributed by atoms with E-state index >= 15 is 0 Å². The molecule has 0 aromatic heterocycles. The largest absolute Gasteiger partial charge is 0.303 e. The average Bonchev–Trinajstić information content (AvgIpc) is 2.97. The highest BCUT2D eigenvalue weighted by molar-refractivity contribution is 5.54. The maximum absolute atomic E-state index is 10.8. The van der Waals surface area contributed by atoms with Gasteiger partial charge in [0.05, 0.1) is 18.8 Å². The molecule has 4 unspecified atom stereocenters. The lowest BCUT2D eigenvalue weighted by Crippen LogP contribution is -2.32. The molecular weight excluding hydrogens is 180 g/mol. The van der Waals surface area contributed by atoms with E-state index in [1.54, 1.807) is 0 Å². The fraction of sp³-hybridized carbons (Fsp3) is 0.900. The lowest BCUT2D eigenvalue weighted by Gasteiger charge is -2.27. The van der Waals surface area contributed by atoms with Gasteiger partial charge in [-0.3, -0.25) is 4.84 Å². The van der Waals surface area contributed by atoms with Crippen LogP contribution in [0.2, 0.25) is 0 Å². The lowest BCUT2D eigenvalue weighted by molar-refractivity contribution is -0.161. The number of carbonyl (C=O) groups excluding carboxylic acids is 1. The van der Waals surface area contributed by atoms with Crippen LogP contribution in [-0.4, -0.2) is 37.2 Å². The summed E-state index contributed by atoms with van der Waals surface area (Å²) in [6.07, 6.45) is 5.92. The third-order valence-corrected chi connectivity index (χ3v) is 3.10. The van der Waals surface area contributed by atoms with Crippen LogP contribution in [0.15, 0.2) is 0 Å². The molecule has 4 heteroatoms. The highest BCUT2D eigenvalue weighted by Gasteiger charge is 2.38. The summed E-state index contributed by atoms with van der Waals surface area (Å²) in [6, 6.07) is 0. The second kappa shape index (κ2) is 4.38. The molecule has 80 valence electrons. The van der Waals surface area contributed by atoms with Crippen LogP contribution in [-0.2, 0) is 9.63 Å². The quantitative estimate of drug-likeness (QED) is 0.528. The van der Waals surface area contributed by atoms with Gasteiger partial charge in [-0.15, -0.1) is 0 Å². The Balaban J connectivity index is 1.80. The first-order valence-electron chi connectivity index (χ1n) is 5.41. The standard InChI is InChI=1S/C10H18N2O2/c1-11-10-6-12(10)14-9-5-3-2-4-8(9)7-13/h7-11H,2-6H2,1H3. The molecule has 1 saturated heterocycles.